The van der Waals surface area contributed by atoms with Crippen molar-refractivity contribution in [3.05, 3.63) is 102 Å². The molecule has 1 aromatic heterocycles. The molecule has 1 heterocycles. The van der Waals surface area contributed by atoms with Gasteiger partial charge in [0, 0.05) is 29.7 Å². The Bertz CT molecular complexity index is 1150. The molecule has 4 aromatic rings. The quantitative estimate of drug-likeness (QED) is 0.468. The normalized spacial score (nSPS) is 13.1. The summed E-state index contributed by atoms with van der Waals surface area (Å²) in [5.41, 5.74) is 2.52. The highest BCUT2D eigenvalue weighted by Gasteiger charge is 2.46. The van der Waals surface area contributed by atoms with Crippen LogP contribution in [-0.2, 0) is 22.0 Å². The molecule has 0 N–H and O–H groups in total. The highest BCUT2D eigenvalue weighted by atomic mass is 16.5. The molecule has 146 valence electrons. The van der Waals surface area contributed by atoms with E-state index in [1.54, 1.807) is 7.11 Å². The van der Waals surface area contributed by atoms with E-state index < -0.39 is 5.41 Å². The molecule has 0 spiro atoms. The third-order valence-electron chi connectivity index (χ3n) is 5.52. The number of aromatic nitrogens is 1. The molecule has 0 saturated carbocycles. The number of hydrogen-bond donors (Lipinski definition) is 0. The van der Waals surface area contributed by atoms with Crippen LogP contribution in [0, 0.1) is 0 Å². The molecule has 3 aromatic carbocycles. The fourth-order valence-electron chi connectivity index (χ4n) is 4.15. The van der Waals surface area contributed by atoms with Gasteiger partial charge in [-0.15, -0.1) is 0 Å². The Balaban J connectivity index is 2.13. The van der Waals surface area contributed by atoms with Gasteiger partial charge in [0.1, 0.15) is 11.2 Å². The average molecular weight is 385 g/mol. The number of carbonyl (C=O) groups is 1. The van der Waals surface area contributed by atoms with Crippen molar-refractivity contribution in [1.82, 2.24) is 4.57 Å². The van der Waals surface area contributed by atoms with Gasteiger partial charge in [0.2, 0.25) is 0 Å². The van der Waals surface area contributed by atoms with E-state index in [0.717, 1.165) is 33.3 Å². The molecule has 1 atom stereocenters. The second kappa shape index (κ2) is 7.47. The Labute approximate surface area is 170 Å². The highest BCUT2D eigenvalue weighted by Crippen LogP contribution is 2.44. The fraction of sp³-hybridized carbons (Fsp3) is 0.160. The van der Waals surface area contributed by atoms with Crippen LogP contribution >= 0.6 is 0 Å². The molecule has 29 heavy (non-hydrogen) atoms. The van der Waals surface area contributed by atoms with Gasteiger partial charge in [-0.2, -0.15) is 0 Å². The van der Waals surface area contributed by atoms with Crippen molar-refractivity contribution in [2.45, 2.75) is 5.41 Å². The molecule has 0 saturated heterocycles. The molecule has 0 aliphatic heterocycles. The zero-order valence-electron chi connectivity index (χ0n) is 16.8. The summed E-state index contributed by atoms with van der Waals surface area (Å²) >= 11 is 0. The minimum absolute atomic E-state index is 0.329. The standard InChI is InChI=1S/C25H23NO3/c1-26-17-22(21-11-7-8-12-23(21)26)25(24(27)29-3,18-9-5-4-6-10-18)19-13-15-20(28-2)16-14-19/h4-17H,1-3H3. The van der Waals surface area contributed by atoms with Crippen molar-refractivity contribution >= 4 is 16.9 Å². The SMILES string of the molecule is COC(=O)C(c1ccccc1)(c1ccc(OC)cc1)c1cn(C)c2ccccc12. The van der Waals surface area contributed by atoms with Gasteiger partial charge in [-0.1, -0.05) is 60.7 Å². The molecule has 0 aliphatic carbocycles. The molecule has 4 heteroatoms. The minimum Gasteiger partial charge on any atom is -0.497 e. The molecule has 0 fully saturated rings. The number of fused-ring (bicyclic) bond motifs is 1. The third-order valence-corrected chi connectivity index (χ3v) is 5.52. The van der Waals surface area contributed by atoms with Crippen LogP contribution in [0.4, 0.5) is 0 Å². The van der Waals surface area contributed by atoms with Crippen molar-refractivity contribution in [3.8, 4) is 5.75 Å². The van der Waals surface area contributed by atoms with Crippen LogP contribution in [-0.4, -0.2) is 24.8 Å². The molecule has 1 unspecified atom stereocenters. The predicted octanol–water partition coefficient (Wildman–Crippen LogP) is 4.69. The van der Waals surface area contributed by atoms with E-state index in [1.165, 1.54) is 7.11 Å². The molecule has 0 aliphatic rings. The third kappa shape index (κ3) is 2.88. The number of carbonyl (C=O) groups excluding carboxylic acids is 1. The van der Waals surface area contributed by atoms with Crippen molar-refractivity contribution < 1.29 is 14.3 Å². The van der Waals surface area contributed by atoms with Crippen LogP contribution in [0.2, 0.25) is 0 Å². The van der Waals surface area contributed by atoms with Gasteiger partial charge in [-0.25, -0.2) is 0 Å². The van der Waals surface area contributed by atoms with Crippen molar-refractivity contribution in [2.24, 2.45) is 7.05 Å². The first-order valence-electron chi connectivity index (χ1n) is 9.46. The monoisotopic (exact) mass is 385 g/mol. The second-order valence-corrected chi connectivity index (χ2v) is 7.01. The summed E-state index contributed by atoms with van der Waals surface area (Å²) in [6.07, 6.45) is 2.03. The van der Waals surface area contributed by atoms with E-state index in [2.05, 4.69) is 16.7 Å². The number of aryl methyl sites for hydroxylation is 1. The number of benzene rings is 3. The summed E-state index contributed by atoms with van der Waals surface area (Å²) in [7, 11) is 5.06. The lowest BCUT2D eigenvalue weighted by atomic mass is 9.69. The van der Waals surface area contributed by atoms with Crippen molar-refractivity contribution in [3.63, 3.8) is 0 Å². The Morgan fingerprint density at radius 2 is 1.45 bits per heavy atom. The summed E-state index contributed by atoms with van der Waals surface area (Å²) in [6.45, 7) is 0. The maximum atomic E-state index is 13.6. The molecular formula is C25H23NO3. The van der Waals surface area contributed by atoms with Crippen molar-refractivity contribution in [1.29, 1.82) is 0 Å². The van der Waals surface area contributed by atoms with E-state index in [-0.39, 0.29) is 5.97 Å². The van der Waals surface area contributed by atoms with Crippen LogP contribution < -0.4 is 4.74 Å². The summed E-state index contributed by atoms with van der Waals surface area (Å²) in [6, 6.07) is 25.5. The maximum Gasteiger partial charge on any atom is 0.325 e. The van der Waals surface area contributed by atoms with Gasteiger partial charge in [0.05, 0.1) is 14.2 Å². The summed E-state index contributed by atoms with van der Waals surface area (Å²) < 4.78 is 12.8. The summed E-state index contributed by atoms with van der Waals surface area (Å²) in [4.78, 5) is 13.6. The Hall–Kier alpha value is -3.53. The zero-order chi connectivity index (χ0) is 20.4. The topological polar surface area (TPSA) is 40.5 Å². The van der Waals surface area contributed by atoms with Crippen LogP contribution in [0.5, 0.6) is 5.75 Å². The van der Waals surface area contributed by atoms with Gasteiger partial charge in [0.25, 0.3) is 0 Å². The number of esters is 1. The number of ether oxygens (including phenoxy) is 2. The van der Waals surface area contributed by atoms with Crippen LogP contribution in [0.15, 0.2) is 85.1 Å². The molecule has 4 nitrogen and oxygen atoms in total. The zero-order valence-corrected chi connectivity index (χ0v) is 16.8. The average Bonchev–Trinajstić information content (AvgIpc) is 3.12. The smallest absolute Gasteiger partial charge is 0.325 e. The molecule has 0 bridgehead atoms. The van der Waals surface area contributed by atoms with Gasteiger partial charge in [-0.3, -0.25) is 4.79 Å². The van der Waals surface area contributed by atoms with Gasteiger partial charge < -0.3 is 14.0 Å². The van der Waals surface area contributed by atoms with Gasteiger partial charge >= 0.3 is 5.97 Å². The second-order valence-electron chi connectivity index (χ2n) is 7.01. The Morgan fingerprint density at radius 1 is 0.828 bits per heavy atom. The summed E-state index contributed by atoms with van der Waals surface area (Å²) in [5, 5.41) is 1.01. The summed E-state index contributed by atoms with van der Waals surface area (Å²) in [5.74, 6) is 0.406. The fourth-order valence-corrected chi connectivity index (χ4v) is 4.15. The van der Waals surface area contributed by atoms with Crippen LogP contribution in [0.3, 0.4) is 0 Å². The van der Waals surface area contributed by atoms with E-state index in [1.807, 2.05) is 80.0 Å². The number of rotatable bonds is 5. The lowest BCUT2D eigenvalue weighted by molar-refractivity contribution is -0.144. The lowest BCUT2D eigenvalue weighted by Gasteiger charge is -2.32. The molecular weight excluding hydrogens is 362 g/mol. The Morgan fingerprint density at radius 3 is 2.10 bits per heavy atom. The predicted molar refractivity (Wildman–Crippen MR) is 114 cm³/mol. The van der Waals surface area contributed by atoms with Crippen LogP contribution in [0.25, 0.3) is 10.9 Å². The molecule has 0 radical (unpaired) electrons. The largest absolute Gasteiger partial charge is 0.497 e. The highest BCUT2D eigenvalue weighted by molar-refractivity contribution is 5.99. The van der Waals surface area contributed by atoms with E-state index in [9.17, 15) is 4.79 Å². The molecule has 0 amide bonds. The first-order chi connectivity index (χ1) is 14.1. The van der Waals surface area contributed by atoms with Crippen LogP contribution in [0.1, 0.15) is 16.7 Å². The number of para-hydroxylation sites is 1. The van der Waals surface area contributed by atoms with E-state index in [4.69, 9.17) is 9.47 Å². The number of methoxy groups -OCH3 is 2. The minimum atomic E-state index is -1.11. The number of hydrogen-bond acceptors (Lipinski definition) is 3. The lowest BCUT2D eigenvalue weighted by Crippen LogP contribution is -2.39. The Kier molecular flexibility index (Phi) is 4.85. The van der Waals surface area contributed by atoms with E-state index in [0.29, 0.717) is 0 Å². The molecule has 4 rings (SSSR count). The van der Waals surface area contributed by atoms with E-state index >= 15 is 0 Å². The first kappa shape index (κ1) is 18.8. The first-order valence-corrected chi connectivity index (χ1v) is 9.46. The van der Waals surface area contributed by atoms with Gasteiger partial charge in [-0.05, 0) is 29.3 Å². The maximum absolute atomic E-state index is 13.6. The number of nitrogens with zero attached hydrogens (tertiary/aromatic N) is 1. The van der Waals surface area contributed by atoms with Crippen molar-refractivity contribution in [2.75, 3.05) is 14.2 Å². The van der Waals surface area contributed by atoms with Gasteiger partial charge in [0.15, 0.2) is 0 Å².